The molecule has 0 radical (unpaired) electrons. The van der Waals surface area contributed by atoms with Crippen molar-refractivity contribution in [3.05, 3.63) is 71.4 Å². The van der Waals surface area contributed by atoms with Crippen LogP contribution in [0.2, 0.25) is 0 Å². The van der Waals surface area contributed by atoms with Crippen LogP contribution in [-0.4, -0.2) is 44.3 Å². The number of aliphatic hydroxyl groups is 1. The predicted molar refractivity (Wildman–Crippen MR) is 141 cm³/mol. The van der Waals surface area contributed by atoms with E-state index in [0.717, 1.165) is 47.5 Å². The Hall–Kier alpha value is -3.50. The Morgan fingerprint density at radius 2 is 1.95 bits per heavy atom. The quantitative estimate of drug-likeness (QED) is 0.269. The van der Waals surface area contributed by atoms with Crippen molar-refractivity contribution in [2.45, 2.75) is 49.6 Å². The van der Waals surface area contributed by atoms with Crippen LogP contribution >= 0.6 is 11.8 Å². The van der Waals surface area contributed by atoms with Gasteiger partial charge in [0.05, 0.1) is 28.1 Å². The number of fused-ring (bicyclic) bond motifs is 1. The number of aryl methyl sites for hydroxylation is 1. The fraction of sp³-hybridized carbons (Fsp3) is 0.296. The third kappa shape index (κ3) is 6.26. The molecule has 7 nitrogen and oxygen atoms in total. The van der Waals surface area contributed by atoms with E-state index in [2.05, 4.69) is 20.7 Å². The maximum absolute atomic E-state index is 14.4. The average molecular weight is 526 g/mol. The highest BCUT2D eigenvalue weighted by molar-refractivity contribution is 7.99. The van der Waals surface area contributed by atoms with Crippen LogP contribution in [0.1, 0.15) is 43.1 Å². The number of aromatic nitrogens is 3. The Kier molecular flexibility index (Phi) is 7.79. The summed E-state index contributed by atoms with van der Waals surface area (Å²) in [4.78, 5) is 17.1. The second-order valence-electron chi connectivity index (χ2n) is 9.40. The zero-order chi connectivity index (χ0) is 26.7. The average Bonchev–Trinajstić information content (AvgIpc) is 3.27. The van der Waals surface area contributed by atoms with Crippen molar-refractivity contribution in [3.63, 3.8) is 0 Å². The van der Waals surface area contributed by atoms with Gasteiger partial charge in [-0.25, -0.2) is 18.3 Å². The number of halogens is 2. The van der Waals surface area contributed by atoms with E-state index >= 15 is 0 Å². The molecular weight excluding hydrogens is 496 g/mol. The van der Waals surface area contributed by atoms with E-state index in [1.54, 1.807) is 36.7 Å². The van der Waals surface area contributed by atoms with Crippen LogP contribution in [0.4, 0.5) is 14.5 Å². The molecule has 10 heteroatoms. The number of nitrogens with one attached hydrogen (secondary N) is 2. The van der Waals surface area contributed by atoms with E-state index in [9.17, 15) is 18.7 Å². The van der Waals surface area contributed by atoms with E-state index in [1.807, 2.05) is 26.0 Å². The van der Waals surface area contributed by atoms with Crippen molar-refractivity contribution >= 4 is 29.0 Å². The number of hydrogen-bond donors (Lipinski definition) is 3. The van der Waals surface area contributed by atoms with Gasteiger partial charge in [0.2, 0.25) is 0 Å². The van der Waals surface area contributed by atoms with Crippen LogP contribution in [0.5, 0.6) is 0 Å². The second-order valence-corrected chi connectivity index (χ2v) is 10.5. The van der Waals surface area contributed by atoms with E-state index in [-0.39, 0.29) is 17.3 Å². The van der Waals surface area contributed by atoms with Gasteiger partial charge >= 0.3 is 0 Å². The molecule has 3 N–H and O–H groups in total. The van der Waals surface area contributed by atoms with Crippen molar-refractivity contribution in [2.75, 3.05) is 18.4 Å². The molecule has 0 unspecified atom stereocenters. The number of anilines is 1. The monoisotopic (exact) mass is 525 g/mol. The molecule has 0 atom stereocenters. The summed E-state index contributed by atoms with van der Waals surface area (Å²) in [7, 11) is 0. The number of amides is 1. The van der Waals surface area contributed by atoms with E-state index in [4.69, 9.17) is 0 Å². The van der Waals surface area contributed by atoms with Gasteiger partial charge in [-0.1, -0.05) is 24.8 Å². The summed E-state index contributed by atoms with van der Waals surface area (Å²) in [5.41, 5.74) is 2.92. The lowest BCUT2D eigenvalue weighted by atomic mass is 10.0. The van der Waals surface area contributed by atoms with Gasteiger partial charge in [0.15, 0.2) is 5.65 Å². The first-order valence-electron chi connectivity index (χ1n) is 11.9. The molecule has 0 aliphatic rings. The molecule has 1 amide bonds. The second kappa shape index (κ2) is 10.9. The normalized spacial score (nSPS) is 11.6. The number of nitrogens with zero attached hydrogens (tertiary/aromatic N) is 3. The van der Waals surface area contributed by atoms with Crippen LogP contribution in [0.15, 0.2) is 58.6 Å². The van der Waals surface area contributed by atoms with Gasteiger partial charge in [-0.05, 0) is 69.2 Å². The number of rotatable bonds is 9. The molecule has 194 valence electrons. The lowest BCUT2D eigenvalue weighted by molar-refractivity contribution is 0.0941. The molecule has 4 rings (SSSR count). The Bertz CT molecular complexity index is 1450. The largest absolute Gasteiger partial charge is 0.389 e. The van der Waals surface area contributed by atoms with Crippen molar-refractivity contribution in [3.8, 4) is 11.3 Å². The van der Waals surface area contributed by atoms with E-state index in [0.29, 0.717) is 34.2 Å². The van der Waals surface area contributed by atoms with Crippen LogP contribution in [0.3, 0.4) is 0 Å². The molecule has 0 saturated heterocycles. The minimum Gasteiger partial charge on any atom is -0.389 e. The third-order valence-electron chi connectivity index (χ3n) is 5.57. The number of benzene rings is 2. The third-order valence-corrected chi connectivity index (χ3v) is 6.51. The molecule has 2 heterocycles. The lowest BCUT2D eigenvalue weighted by Crippen LogP contribution is -2.29. The van der Waals surface area contributed by atoms with Crippen molar-refractivity contribution < 1.29 is 18.7 Å². The molecule has 0 aliphatic carbocycles. The summed E-state index contributed by atoms with van der Waals surface area (Å²) < 4.78 is 29.8. The van der Waals surface area contributed by atoms with Crippen LogP contribution in [0.25, 0.3) is 16.9 Å². The van der Waals surface area contributed by atoms with Gasteiger partial charge < -0.3 is 15.7 Å². The van der Waals surface area contributed by atoms with Gasteiger partial charge in [-0.3, -0.25) is 4.79 Å². The van der Waals surface area contributed by atoms with Gasteiger partial charge in [-0.2, -0.15) is 5.10 Å². The summed E-state index contributed by atoms with van der Waals surface area (Å²) in [6, 6.07) is 10.4. The fourth-order valence-electron chi connectivity index (χ4n) is 3.71. The zero-order valence-electron chi connectivity index (χ0n) is 21.1. The smallest absolute Gasteiger partial charge is 0.251 e. The minimum absolute atomic E-state index is 0.0974. The summed E-state index contributed by atoms with van der Waals surface area (Å²) in [6.45, 7) is 8.04. The van der Waals surface area contributed by atoms with Gasteiger partial charge in [0, 0.05) is 24.2 Å². The Morgan fingerprint density at radius 3 is 2.65 bits per heavy atom. The van der Waals surface area contributed by atoms with Gasteiger partial charge in [0.1, 0.15) is 16.7 Å². The lowest BCUT2D eigenvalue weighted by Gasteiger charge is -2.19. The summed E-state index contributed by atoms with van der Waals surface area (Å²) >= 11 is 0.985. The number of carbonyl (C=O) groups excluding carboxylic acids is 1. The van der Waals surface area contributed by atoms with Gasteiger partial charge in [0.25, 0.3) is 5.91 Å². The number of imidazole rings is 1. The molecule has 0 aliphatic heterocycles. The molecule has 0 spiro atoms. The molecular formula is C27H29F2N5O2S. The zero-order valence-corrected chi connectivity index (χ0v) is 21.9. The first-order valence-corrected chi connectivity index (χ1v) is 12.7. The van der Waals surface area contributed by atoms with E-state index in [1.165, 1.54) is 0 Å². The first kappa shape index (κ1) is 26.6. The van der Waals surface area contributed by atoms with Crippen LogP contribution in [-0.2, 0) is 0 Å². The van der Waals surface area contributed by atoms with Crippen LogP contribution in [0, 0.1) is 18.6 Å². The molecule has 4 aromatic rings. The molecule has 0 bridgehead atoms. The maximum atomic E-state index is 14.4. The highest BCUT2D eigenvalue weighted by Gasteiger charge is 2.19. The summed E-state index contributed by atoms with van der Waals surface area (Å²) in [5.74, 6) is -1.24. The maximum Gasteiger partial charge on any atom is 0.251 e. The first-order chi connectivity index (χ1) is 17.6. The Morgan fingerprint density at radius 1 is 1.16 bits per heavy atom. The molecule has 2 aromatic heterocycles. The summed E-state index contributed by atoms with van der Waals surface area (Å²) in [6.07, 6.45) is 2.51. The topological polar surface area (TPSA) is 91.5 Å². The highest BCUT2D eigenvalue weighted by Crippen LogP contribution is 2.33. The highest BCUT2D eigenvalue weighted by atomic mass is 32.2. The SMILES string of the molecule is CCCNC(=O)c1ccc(-c2cnc3c(NCC(C)(C)O)cc(Sc4cc(F)ccc4F)nn23)cc1C. The van der Waals surface area contributed by atoms with Gasteiger partial charge in [-0.15, -0.1) is 0 Å². The number of carbonyl (C=O) groups is 1. The van der Waals surface area contributed by atoms with E-state index < -0.39 is 17.2 Å². The predicted octanol–water partition coefficient (Wildman–Crippen LogP) is 5.46. The molecule has 0 saturated carbocycles. The Labute approximate surface area is 218 Å². The number of hydrogen-bond acceptors (Lipinski definition) is 6. The fourth-order valence-corrected chi connectivity index (χ4v) is 4.58. The minimum atomic E-state index is -0.997. The molecule has 37 heavy (non-hydrogen) atoms. The van der Waals surface area contributed by atoms with Crippen molar-refractivity contribution in [1.82, 2.24) is 19.9 Å². The Balaban J connectivity index is 1.78. The van der Waals surface area contributed by atoms with Crippen LogP contribution < -0.4 is 10.6 Å². The standard InChI is InChI=1S/C27H29F2N5O2S/c1-5-10-30-26(35)19-8-6-17(11-16(19)2)22-14-31-25-21(32-15-27(3,4)36)13-24(33-34(22)25)37-23-12-18(28)7-9-20(23)29/h6-9,11-14,32,36H,5,10,15H2,1-4H3,(H,30,35). The summed E-state index contributed by atoms with van der Waals surface area (Å²) in [5, 5.41) is 21.4. The van der Waals surface area contributed by atoms with Crippen molar-refractivity contribution in [2.24, 2.45) is 0 Å². The van der Waals surface area contributed by atoms with Crippen molar-refractivity contribution in [1.29, 1.82) is 0 Å². The molecule has 0 fully saturated rings. The molecule has 2 aromatic carbocycles.